The summed E-state index contributed by atoms with van der Waals surface area (Å²) < 4.78 is 54.2. The number of carbonyl (C=O) groups is 1. The molecular formula is C21H23F2N3O3S. The van der Waals surface area contributed by atoms with Gasteiger partial charge >= 0.3 is 6.03 Å². The molecule has 160 valence electrons. The summed E-state index contributed by atoms with van der Waals surface area (Å²) in [4.78, 5) is 14.1. The highest BCUT2D eigenvalue weighted by Crippen LogP contribution is 2.26. The lowest BCUT2D eigenvalue weighted by molar-refractivity contribution is 0.184. The number of nitrogens with one attached hydrogen (secondary N) is 1. The molecule has 1 fully saturated rings. The maximum Gasteiger partial charge on any atom is 0.322 e. The topological polar surface area (TPSA) is 69.7 Å². The van der Waals surface area contributed by atoms with Gasteiger partial charge in [-0.2, -0.15) is 4.31 Å². The molecule has 1 aliphatic heterocycles. The van der Waals surface area contributed by atoms with Crippen LogP contribution in [-0.4, -0.2) is 49.8 Å². The Morgan fingerprint density at radius 2 is 1.60 bits per heavy atom. The molecule has 6 nitrogen and oxygen atoms in total. The Bertz CT molecular complexity index is 1070. The first-order valence-electron chi connectivity index (χ1n) is 9.97. The molecule has 0 aromatic heterocycles. The highest BCUT2D eigenvalue weighted by atomic mass is 32.2. The van der Waals surface area contributed by atoms with Crippen molar-refractivity contribution in [3.63, 3.8) is 0 Å². The summed E-state index contributed by atoms with van der Waals surface area (Å²) in [5, 5.41) is 2.40. The van der Waals surface area contributed by atoms with Crippen molar-refractivity contribution in [1.29, 1.82) is 0 Å². The zero-order valence-electron chi connectivity index (χ0n) is 16.4. The highest BCUT2D eigenvalue weighted by Gasteiger charge is 2.31. The average molecular weight is 435 g/mol. The minimum absolute atomic E-state index is 0.120. The summed E-state index contributed by atoms with van der Waals surface area (Å²) >= 11 is 0. The van der Waals surface area contributed by atoms with Gasteiger partial charge in [0, 0.05) is 32.2 Å². The number of benzene rings is 2. The van der Waals surface area contributed by atoms with Gasteiger partial charge in [-0.3, -0.25) is 0 Å². The lowest BCUT2D eigenvalue weighted by atomic mass is 9.92. The average Bonchev–Trinajstić information content (AvgIpc) is 2.75. The number of sulfonamides is 1. The summed E-state index contributed by atoms with van der Waals surface area (Å²) in [7, 11) is -3.64. The first kappa shape index (κ1) is 20.7. The fourth-order valence-electron chi connectivity index (χ4n) is 3.94. The Hall–Kier alpha value is -2.52. The number of aryl methyl sites for hydroxylation is 2. The SMILES string of the molecule is O=C(Nc1ccc(F)cc1F)N1CCN(S(=O)(=O)c2ccc3c(c2)CCCC3)CC1. The van der Waals surface area contributed by atoms with Crippen molar-refractivity contribution in [3.8, 4) is 0 Å². The molecule has 1 heterocycles. The summed E-state index contributed by atoms with van der Waals surface area (Å²) in [6, 6.07) is 7.70. The molecule has 0 radical (unpaired) electrons. The van der Waals surface area contributed by atoms with Crippen LogP contribution in [0.15, 0.2) is 41.3 Å². The van der Waals surface area contributed by atoms with Crippen LogP contribution in [0.4, 0.5) is 19.3 Å². The third kappa shape index (κ3) is 4.17. The maximum atomic E-state index is 13.7. The number of hydrogen-bond donors (Lipinski definition) is 1. The Labute approximate surface area is 174 Å². The molecular weight excluding hydrogens is 412 g/mol. The van der Waals surface area contributed by atoms with Crippen molar-refractivity contribution in [2.75, 3.05) is 31.5 Å². The van der Waals surface area contributed by atoms with Gasteiger partial charge in [0.25, 0.3) is 0 Å². The van der Waals surface area contributed by atoms with E-state index in [1.165, 1.54) is 14.8 Å². The lowest BCUT2D eigenvalue weighted by Gasteiger charge is -2.34. The van der Waals surface area contributed by atoms with Gasteiger partial charge in [0.2, 0.25) is 10.0 Å². The molecule has 30 heavy (non-hydrogen) atoms. The van der Waals surface area contributed by atoms with Gasteiger partial charge < -0.3 is 10.2 Å². The van der Waals surface area contributed by atoms with E-state index in [2.05, 4.69) is 5.32 Å². The van der Waals surface area contributed by atoms with Gasteiger partial charge in [0.1, 0.15) is 11.6 Å². The van der Waals surface area contributed by atoms with Crippen LogP contribution >= 0.6 is 0 Å². The molecule has 2 amide bonds. The molecule has 0 spiro atoms. The van der Waals surface area contributed by atoms with E-state index in [0.717, 1.165) is 43.4 Å². The molecule has 1 saturated heterocycles. The molecule has 0 bridgehead atoms. The van der Waals surface area contributed by atoms with Gasteiger partial charge in [-0.05, 0) is 61.1 Å². The third-order valence-corrected chi connectivity index (χ3v) is 7.55. The summed E-state index contributed by atoms with van der Waals surface area (Å²) in [6.45, 7) is 0.662. The molecule has 9 heteroatoms. The standard InChI is InChI=1S/C21H23F2N3O3S/c22-17-6-8-20(19(23)14-17)24-21(27)25-9-11-26(12-10-25)30(28,29)18-7-5-15-3-1-2-4-16(15)13-18/h5-8,13-14H,1-4,9-12H2,(H,24,27). The number of piperazine rings is 1. The normalized spacial score (nSPS) is 17.5. The van der Waals surface area contributed by atoms with E-state index in [4.69, 9.17) is 0 Å². The van der Waals surface area contributed by atoms with Crippen molar-refractivity contribution in [1.82, 2.24) is 9.21 Å². The zero-order chi connectivity index (χ0) is 21.3. The zero-order valence-corrected chi connectivity index (χ0v) is 17.2. The number of halogens is 2. The van der Waals surface area contributed by atoms with Crippen LogP contribution in [0, 0.1) is 11.6 Å². The molecule has 1 N–H and O–H groups in total. The van der Waals surface area contributed by atoms with E-state index in [0.29, 0.717) is 6.07 Å². The molecule has 1 aliphatic carbocycles. The number of amides is 2. The quantitative estimate of drug-likeness (QED) is 0.804. The van der Waals surface area contributed by atoms with Crippen LogP contribution in [0.2, 0.25) is 0 Å². The predicted octanol–water partition coefficient (Wildman–Crippen LogP) is 3.38. The van der Waals surface area contributed by atoms with Crippen molar-refractivity contribution < 1.29 is 22.0 Å². The van der Waals surface area contributed by atoms with E-state index in [9.17, 15) is 22.0 Å². The van der Waals surface area contributed by atoms with Gasteiger partial charge in [0.05, 0.1) is 10.6 Å². The smallest absolute Gasteiger partial charge is 0.322 e. The van der Waals surface area contributed by atoms with Gasteiger partial charge in [-0.25, -0.2) is 22.0 Å². The van der Waals surface area contributed by atoms with Crippen molar-refractivity contribution in [2.24, 2.45) is 0 Å². The fourth-order valence-corrected chi connectivity index (χ4v) is 5.41. The number of carbonyl (C=O) groups excluding carboxylic acids is 1. The molecule has 4 rings (SSSR count). The lowest BCUT2D eigenvalue weighted by Crippen LogP contribution is -2.51. The molecule has 0 unspecified atom stereocenters. The Balaban J connectivity index is 1.40. The number of hydrogen-bond acceptors (Lipinski definition) is 3. The minimum Gasteiger partial charge on any atom is -0.322 e. The van der Waals surface area contributed by atoms with E-state index in [-0.39, 0.29) is 36.8 Å². The Morgan fingerprint density at radius 1 is 0.900 bits per heavy atom. The summed E-state index contributed by atoms with van der Waals surface area (Å²) in [6.07, 6.45) is 4.08. The molecule has 0 atom stereocenters. The van der Waals surface area contributed by atoms with Crippen molar-refractivity contribution in [3.05, 3.63) is 59.2 Å². The van der Waals surface area contributed by atoms with E-state index in [1.54, 1.807) is 12.1 Å². The number of rotatable bonds is 3. The van der Waals surface area contributed by atoms with Crippen molar-refractivity contribution in [2.45, 2.75) is 30.6 Å². The minimum atomic E-state index is -3.64. The van der Waals surface area contributed by atoms with Crippen LogP contribution in [0.5, 0.6) is 0 Å². The van der Waals surface area contributed by atoms with Crippen LogP contribution in [0.25, 0.3) is 0 Å². The summed E-state index contributed by atoms with van der Waals surface area (Å²) in [5.41, 5.74) is 2.20. The van der Waals surface area contributed by atoms with E-state index >= 15 is 0 Å². The first-order valence-corrected chi connectivity index (χ1v) is 11.4. The fraction of sp³-hybridized carbons (Fsp3) is 0.381. The third-order valence-electron chi connectivity index (χ3n) is 5.66. The molecule has 2 aromatic rings. The van der Waals surface area contributed by atoms with Crippen LogP contribution in [0.3, 0.4) is 0 Å². The number of urea groups is 1. The molecule has 2 aromatic carbocycles. The first-order chi connectivity index (χ1) is 14.3. The Kier molecular flexibility index (Phi) is 5.75. The predicted molar refractivity (Wildman–Crippen MR) is 109 cm³/mol. The number of fused-ring (bicyclic) bond motifs is 1. The monoisotopic (exact) mass is 435 g/mol. The highest BCUT2D eigenvalue weighted by molar-refractivity contribution is 7.89. The molecule has 2 aliphatic rings. The van der Waals surface area contributed by atoms with E-state index in [1.807, 2.05) is 6.07 Å². The van der Waals surface area contributed by atoms with Crippen LogP contribution in [0.1, 0.15) is 24.0 Å². The second-order valence-electron chi connectivity index (χ2n) is 7.58. The second-order valence-corrected chi connectivity index (χ2v) is 9.52. The number of nitrogens with zero attached hydrogens (tertiary/aromatic N) is 2. The van der Waals surface area contributed by atoms with Crippen molar-refractivity contribution >= 4 is 21.7 Å². The second kappa shape index (κ2) is 8.31. The largest absolute Gasteiger partial charge is 0.322 e. The van der Waals surface area contributed by atoms with E-state index < -0.39 is 27.7 Å². The number of anilines is 1. The van der Waals surface area contributed by atoms with Crippen LogP contribution in [-0.2, 0) is 22.9 Å². The van der Waals surface area contributed by atoms with Gasteiger partial charge in [0.15, 0.2) is 0 Å². The summed E-state index contributed by atoms with van der Waals surface area (Å²) in [5.74, 6) is -1.59. The Morgan fingerprint density at radius 3 is 2.30 bits per heavy atom. The maximum absolute atomic E-state index is 13.7. The van der Waals surface area contributed by atoms with Crippen LogP contribution < -0.4 is 5.32 Å². The molecule has 0 saturated carbocycles. The van der Waals surface area contributed by atoms with Gasteiger partial charge in [-0.15, -0.1) is 0 Å². The van der Waals surface area contributed by atoms with Gasteiger partial charge in [-0.1, -0.05) is 6.07 Å².